The van der Waals surface area contributed by atoms with E-state index in [9.17, 15) is 12.6 Å². The summed E-state index contributed by atoms with van der Waals surface area (Å²) < 4.78 is 48.1. The Balaban J connectivity index is 2.40. The summed E-state index contributed by atoms with van der Waals surface area (Å²) in [6, 6.07) is 4.65. The van der Waals surface area contributed by atoms with E-state index in [1.54, 1.807) is 12.1 Å². The molecule has 20 heavy (non-hydrogen) atoms. The summed E-state index contributed by atoms with van der Waals surface area (Å²) in [5, 5.41) is 0. The maximum Gasteiger partial charge on any atom is 0.246 e. The average molecular weight is 319 g/mol. The zero-order valence-corrected chi connectivity index (χ0v) is 13.0. The van der Waals surface area contributed by atoms with E-state index in [4.69, 9.17) is 9.47 Å². The van der Waals surface area contributed by atoms with Gasteiger partial charge in [0.25, 0.3) is 0 Å². The van der Waals surface area contributed by atoms with Crippen LogP contribution in [0.25, 0.3) is 0 Å². The fourth-order valence-corrected chi connectivity index (χ4v) is 4.88. The summed E-state index contributed by atoms with van der Waals surface area (Å²) in [4.78, 5) is 0.0760. The van der Waals surface area contributed by atoms with Crippen LogP contribution in [0, 0.1) is 0 Å². The smallest absolute Gasteiger partial charge is 0.246 e. The third-order valence-electron chi connectivity index (χ3n) is 3.13. The van der Waals surface area contributed by atoms with Crippen LogP contribution in [0.4, 0.5) is 0 Å². The van der Waals surface area contributed by atoms with Gasteiger partial charge < -0.3 is 9.47 Å². The van der Waals surface area contributed by atoms with Gasteiger partial charge in [-0.2, -0.15) is 4.31 Å². The lowest BCUT2D eigenvalue weighted by Gasteiger charge is -2.26. The second kappa shape index (κ2) is 6.11. The predicted molar refractivity (Wildman–Crippen MR) is 76.2 cm³/mol. The molecule has 0 atom stereocenters. The van der Waals surface area contributed by atoms with Crippen LogP contribution < -0.4 is 9.47 Å². The molecule has 112 valence electrons. The van der Waals surface area contributed by atoms with Crippen molar-refractivity contribution in [3.05, 3.63) is 18.2 Å². The van der Waals surface area contributed by atoms with Crippen LogP contribution in [0.2, 0.25) is 0 Å². The molecular weight excluding hydrogens is 302 g/mol. The molecule has 1 saturated heterocycles. The molecule has 1 heterocycles. The molecular formula is C12H17NO5S2. The molecule has 0 bridgehead atoms. The van der Waals surface area contributed by atoms with Crippen LogP contribution in [0.3, 0.4) is 0 Å². The highest BCUT2D eigenvalue weighted by atomic mass is 32.2. The predicted octanol–water partition coefficient (Wildman–Crippen LogP) is 0.457. The Kier molecular flexibility index (Phi) is 4.66. The lowest BCUT2D eigenvalue weighted by atomic mass is 10.3. The molecule has 1 aromatic carbocycles. The Morgan fingerprint density at radius 1 is 1.15 bits per heavy atom. The van der Waals surface area contributed by atoms with Crippen molar-refractivity contribution in [2.24, 2.45) is 0 Å². The van der Waals surface area contributed by atoms with Crippen molar-refractivity contribution in [3.8, 4) is 11.5 Å². The molecule has 2 rings (SSSR count). The van der Waals surface area contributed by atoms with Gasteiger partial charge in [-0.1, -0.05) is 0 Å². The molecule has 0 N–H and O–H groups in total. The minimum atomic E-state index is -3.67. The normalized spacial score (nSPS) is 17.9. The van der Waals surface area contributed by atoms with Gasteiger partial charge in [0.2, 0.25) is 10.0 Å². The van der Waals surface area contributed by atoms with E-state index < -0.39 is 20.8 Å². The summed E-state index contributed by atoms with van der Waals surface area (Å²) >= 11 is 0. The summed E-state index contributed by atoms with van der Waals surface area (Å²) in [5.74, 6) is 1.46. The zero-order chi connectivity index (χ0) is 14.8. The Hall–Kier alpha value is -1.12. The van der Waals surface area contributed by atoms with Crippen molar-refractivity contribution in [1.82, 2.24) is 4.31 Å². The summed E-state index contributed by atoms with van der Waals surface area (Å²) in [6.45, 7) is 0.518. The van der Waals surface area contributed by atoms with Crippen LogP contribution in [-0.4, -0.2) is 55.7 Å². The highest BCUT2D eigenvalue weighted by Crippen LogP contribution is 2.30. The van der Waals surface area contributed by atoms with E-state index >= 15 is 0 Å². The third kappa shape index (κ3) is 2.97. The summed E-state index contributed by atoms with van der Waals surface area (Å²) in [6.07, 6.45) is 0. The van der Waals surface area contributed by atoms with Gasteiger partial charge in [0.1, 0.15) is 16.4 Å². The first-order chi connectivity index (χ1) is 9.48. The summed E-state index contributed by atoms with van der Waals surface area (Å²) in [5.41, 5.74) is 0. The number of rotatable bonds is 4. The lowest BCUT2D eigenvalue weighted by molar-refractivity contribution is 0.386. The molecule has 1 aliphatic rings. The van der Waals surface area contributed by atoms with Gasteiger partial charge in [-0.25, -0.2) is 8.42 Å². The van der Waals surface area contributed by atoms with Crippen LogP contribution in [0.5, 0.6) is 11.5 Å². The number of nitrogens with zero attached hydrogens (tertiary/aromatic N) is 1. The van der Waals surface area contributed by atoms with Gasteiger partial charge in [0.15, 0.2) is 0 Å². The molecule has 6 nitrogen and oxygen atoms in total. The van der Waals surface area contributed by atoms with Crippen molar-refractivity contribution in [1.29, 1.82) is 0 Å². The molecule has 1 aliphatic heterocycles. The number of sulfonamides is 1. The van der Waals surface area contributed by atoms with Crippen LogP contribution >= 0.6 is 0 Å². The third-order valence-corrected chi connectivity index (χ3v) is 6.32. The largest absolute Gasteiger partial charge is 0.497 e. The van der Waals surface area contributed by atoms with Gasteiger partial charge in [-0.15, -0.1) is 0 Å². The number of ether oxygens (including phenoxy) is 2. The van der Waals surface area contributed by atoms with E-state index in [2.05, 4.69) is 0 Å². The van der Waals surface area contributed by atoms with Crippen molar-refractivity contribution < 1.29 is 22.1 Å². The second-order valence-electron chi connectivity index (χ2n) is 4.27. The van der Waals surface area contributed by atoms with Crippen LogP contribution in [-0.2, 0) is 20.8 Å². The number of hydrogen-bond acceptors (Lipinski definition) is 5. The first-order valence-corrected chi connectivity index (χ1v) is 8.99. The number of hydrogen-bond donors (Lipinski definition) is 0. The average Bonchev–Trinajstić information content (AvgIpc) is 2.47. The van der Waals surface area contributed by atoms with Gasteiger partial charge >= 0.3 is 0 Å². The SMILES string of the molecule is COc1ccc(OC)c(S(=O)(=O)N2CCS(=O)CC2)c1. The van der Waals surface area contributed by atoms with Crippen molar-refractivity contribution in [2.45, 2.75) is 4.90 Å². The van der Waals surface area contributed by atoms with E-state index in [-0.39, 0.29) is 23.7 Å². The Morgan fingerprint density at radius 3 is 2.35 bits per heavy atom. The monoisotopic (exact) mass is 319 g/mol. The Bertz CT molecular complexity index is 604. The minimum absolute atomic E-state index is 0.0760. The first kappa shape index (κ1) is 15.3. The molecule has 8 heteroatoms. The fraction of sp³-hybridized carbons (Fsp3) is 0.500. The van der Waals surface area contributed by atoms with E-state index in [1.807, 2.05) is 0 Å². The standard InChI is InChI=1S/C12H17NO5S2/c1-17-10-3-4-11(18-2)12(9-10)20(15,16)13-5-7-19(14)8-6-13/h3-4,9H,5-8H2,1-2H3. The second-order valence-corrected chi connectivity index (χ2v) is 7.87. The maximum atomic E-state index is 12.6. The topological polar surface area (TPSA) is 72.9 Å². The van der Waals surface area contributed by atoms with Crippen molar-refractivity contribution in [3.63, 3.8) is 0 Å². The fourth-order valence-electron chi connectivity index (χ4n) is 1.99. The molecule has 0 radical (unpaired) electrons. The minimum Gasteiger partial charge on any atom is -0.497 e. The highest BCUT2D eigenvalue weighted by Gasteiger charge is 2.30. The van der Waals surface area contributed by atoms with E-state index in [1.165, 1.54) is 24.6 Å². The molecule has 1 aromatic rings. The molecule has 0 aromatic heterocycles. The van der Waals surface area contributed by atoms with Crippen molar-refractivity contribution in [2.75, 3.05) is 38.8 Å². The van der Waals surface area contributed by atoms with Gasteiger partial charge in [0.05, 0.1) is 14.2 Å². The number of benzene rings is 1. The van der Waals surface area contributed by atoms with Gasteiger partial charge in [0, 0.05) is 41.5 Å². The van der Waals surface area contributed by atoms with Gasteiger partial charge in [-0.3, -0.25) is 4.21 Å². The summed E-state index contributed by atoms with van der Waals surface area (Å²) in [7, 11) is -1.70. The molecule has 0 unspecified atom stereocenters. The Labute approximate surface area is 121 Å². The zero-order valence-electron chi connectivity index (χ0n) is 11.4. The molecule has 0 amide bonds. The molecule has 0 spiro atoms. The molecule has 0 aliphatic carbocycles. The van der Waals surface area contributed by atoms with Crippen LogP contribution in [0.1, 0.15) is 0 Å². The van der Waals surface area contributed by atoms with E-state index in [0.29, 0.717) is 17.3 Å². The molecule has 1 fully saturated rings. The van der Waals surface area contributed by atoms with Gasteiger partial charge in [-0.05, 0) is 12.1 Å². The quantitative estimate of drug-likeness (QED) is 0.806. The maximum absolute atomic E-state index is 12.6. The Morgan fingerprint density at radius 2 is 1.80 bits per heavy atom. The first-order valence-electron chi connectivity index (χ1n) is 6.06. The lowest BCUT2D eigenvalue weighted by Crippen LogP contribution is -2.41. The highest BCUT2D eigenvalue weighted by molar-refractivity contribution is 7.89. The van der Waals surface area contributed by atoms with E-state index in [0.717, 1.165) is 0 Å². The van der Waals surface area contributed by atoms with Crippen LogP contribution in [0.15, 0.2) is 23.1 Å². The van der Waals surface area contributed by atoms with Crippen molar-refractivity contribution >= 4 is 20.8 Å². The molecule has 0 saturated carbocycles. The number of methoxy groups -OCH3 is 2.